The fourth-order valence-corrected chi connectivity index (χ4v) is 23.2. The van der Waals surface area contributed by atoms with Crippen molar-refractivity contribution >= 4 is 121 Å². The van der Waals surface area contributed by atoms with Crippen LogP contribution < -0.4 is 9.72 Å². The molecule has 0 spiro atoms. The van der Waals surface area contributed by atoms with Crippen LogP contribution in [0.15, 0.2) is 13.5 Å². The third-order valence-corrected chi connectivity index (χ3v) is 18.4. The second-order valence-electron chi connectivity index (χ2n) is 2.91. The zero-order valence-corrected chi connectivity index (χ0v) is 18.9. The third kappa shape index (κ3) is 7.98. The molecule has 1 heterocycles. The molecule has 7 nitrogen and oxygen atoms in total. The summed E-state index contributed by atoms with van der Waals surface area (Å²) in [5.74, 6) is -14.8. The highest BCUT2D eigenvalue weighted by Crippen LogP contribution is 2.86. The standard InChI is InChI=1S/Cl8H2N5O2P5/c1-16(2)9-17(3,4)11-20(10-16,12-18(5,6)14)13-19(7,8)15/h(H,12,14)(H,13,15). The van der Waals surface area contributed by atoms with Crippen molar-refractivity contribution in [3.63, 3.8) is 0 Å². The summed E-state index contributed by atoms with van der Waals surface area (Å²) in [7, 11) is -3.70. The first kappa shape index (κ1) is 21.4. The predicted molar refractivity (Wildman–Crippen MR) is 96.4 cm³/mol. The molecule has 0 aliphatic carbocycles. The van der Waals surface area contributed by atoms with E-state index in [1.165, 1.54) is 0 Å². The van der Waals surface area contributed by atoms with Crippen LogP contribution in [-0.4, -0.2) is 0 Å². The normalized spacial score (nSPS) is 24.2. The molecule has 0 saturated carbocycles. The van der Waals surface area contributed by atoms with Crippen LogP contribution in [0.2, 0.25) is 0 Å². The Morgan fingerprint density at radius 3 is 1.35 bits per heavy atom. The van der Waals surface area contributed by atoms with Gasteiger partial charge in [-0.2, -0.15) is 23.3 Å². The quantitative estimate of drug-likeness (QED) is 0.346. The van der Waals surface area contributed by atoms with Gasteiger partial charge in [0.15, 0.2) is 0 Å². The lowest BCUT2D eigenvalue weighted by molar-refractivity contribution is 0.590. The number of nitrogens with zero attached hydrogens (tertiary/aromatic N) is 3. The van der Waals surface area contributed by atoms with Crippen molar-refractivity contribution in [1.82, 2.24) is 9.72 Å². The number of hydrogen-bond acceptors (Lipinski definition) is 5. The SMILES string of the molecule is O=P(Cl)(Cl)NP1(NP(=O)(Cl)Cl)=NP(Cl)(Cl)=NP(Cl)(Cl)=N1. The van der Waals surface area contributed by atoms with Gasteiger partial charge in [0.25, 0.3) is 11.8 Å². The molecule has 0 aromatic rings. The number of rotatable bonds is 4. The van der Waals surface area contributed by atoms with Crippen LogP contribution in [0.1, 0.15) is 0 Å². The highest BCUT2D eigenvalue weighted by molar-refractivity contribution is 8.22. The van der Waals surface area contributed by atoms with Gasteiger partial charge in [0, 0.05) is 0 Å². The molecular weight excluding hydrogens is 541 g/mol. The topological polar surface area (TPSA) is 95.3 Å². The van der Waals surface area contributed by atoms with Crippen molar-refractivity contribution in [2.24, 2.45) is 13.5 Å². The molecule has 1 aliphatic rings. The van der Waals surface area contributed by atoms with E-state index in [9.17, 15) is 9.13 Å². The van der Waals surface area contributed by atoms with E-state index in [1.807, 2.05) is 0 Å². The van der Waals surface area contributed by atoms with E-state index in [0.29, 0.717) is 0 Å². The molecule has 0 unspecified atom stereocenters. The Morgan fingerprint density at radius 1 is 0.700 bits per heavy atom. The van der Waals surface area contributed by atoms with E-state index in [4.69, 9.17) is 89.9 Å². The summed E-state index contributed by atoms with van der Waals surface area (Å²) >= 11 is 44.9. The predicted octanol–water partition coefficient (Wildman–Crippen LogP) is 9.14. The lowest BCUT2D eigenvalue weighted by Gasteiger charge is -2.28. The van der Waals surface area contributed by atoms with Gasteiger partial charge < -0.3 is 0 Å². The minimum Gasteiger partial charge on any atom is -0.271 e. The van der Waals surface area contributed by atoms with Crippen LogP contribution >= 0.6 is 121 Å². The minimum absolute atomic E-state index is 2.11. The first-order valence-electron chi connectivity index (χ1n) is 3.81. The summed E-state index contributed by atoms with van der Waals surface area (Å²) in [4.78, 5) is 4.22. The van der Waals surface area contributed by atoms with Gasteiger partial charge in [-0.1, -0.05) is 0 Å². The average Bonchev–Trinajstić information content (AvgIpc) is 1.83. The Labute approximate surface area is 152 Å². The van der Waals surface area contributed by atoms with Crippen LogP contribution in [0.4, 0.5) is 0 Å². The highest BCUT2D eigenvalue weighted by atomic mass is 35.9. The monoisotopic (exact) mass is 539 g/mol. The second-order valence-corrected chi connectivity index (χ2v) is 25.0. The van der Waals surface area contributed by atoms with Gasteiger partial charge in [-0.3, -0.25) is 9.13 Å². The molecule has 20 heavy (non-hydrogen) atoms. The summed E-state index contributed by atoms with van der Waals surface area (Å²) in [6.45, 7) is 0. The van der Waals surface area contributed by atoms with E-state index in [0.717, 1.165) is 0 Å². The summed E-state index contributed by atoms with van der Waals surface area (Å²) in [6, 6.07) is 0. The molecule has 0 saturated heterocycles. The van der Waals surface area contributed by atoms with Gasteiger partial charge in [0.2, 0.25) is 7.51 Å². The minimum atomic E-state index is -3.98. The maximum Gasteiger partial charge on any atom is 0.326 e. The molecule has 0 atom stereocenters. The van der Waals surface area contributed by atoms with Crippen LogP contribution in [-0.2, 0) is 9.13 Å². The molecule has 120 valence electrons. The van der Waals surface area contributed by atoms with Crippen molar-refractivity contribution in [3.8, 4) is 0 Å². The Morgan fingerprint density at radius 2 is 1.05 bits per heavy atom. The average molecular weight is 543 g/mol. The van der Waals surface area contributed by atoms with Crippen molar-refractivity contribution in [2.75, 3.05) is 0 Å². The van der Waals surface area contributed by atoms with Crippen molar-refractivity contribution in [3.05, 3.63) is 0 Å². The fourth-order valence-electron chi connectivity index (χ4n) is 0.922. The zero-order chi connectivity index (χ0) is 16.0. The van der Waals surface area contributed by atoms with E-state index >= 15 is 0 Å². The Balaban J connectivity index is 3.61. The third-order valence-electron chi connectivity index (χ3n) is 1.20. The molecule has 0 bridgehead atoms. The Kier molecular flexibility index (Phi) is 7.45. The molecule has 1 rings (SSSR count). The van der Waals surface area contributed by atoms with Crippen molar-refractivity contribution < 1.29 is 9.13 Å². The Bertz CT molecular complexity index is 621. The summed E-state index contributed by atoms with van der Waals surface area (Å²) < 4.78 is 34.3. The van der Waals surface area contributed by atoms with Crippen LogP contribution in [0.5, 0.6) is 0 Å². The van der Waals surface area contributed by atoms with Gasteiger partial charge in [-0.15, -0.1) is 0 Å². The van der Waals surface area contributed by atoms with Gasteiger partial charge in [0.05, 0.1) is 0 Å². The molecule has 0 fully saturated rings. The lowest BCUT2D eigenvalue weighted by atomic mass is 13.7. The first-order valence-corrected chi connectivity index (χ1v) is 19.5. The lowest BCUT2D eigenvalue weighted by Crippen LogP contribution is -2.12. The molecular formula is H2Cl8N5O2P5. The van der Waals surface area contributed by atoms with E-state index in [1.54, 1.807) is 0 Å². The Hall–Kier alpha value is 3.39. The summed E-state index contributed by atoms with van der Waals surface area (Å²) in [5, 5.41) is 0. The highest BCUT2D eigenvalue weighted by Gasteiger charge is 2.40. The smallest absolute Gasteiger partial charge is 0.271 e. The van der Waals surface area contributed by atoms with Gasteiger partial charge in [0.1, 0.15) is 0 Å². The molecule has 2 N–H and O–H groups in total. The van der Waals surface area contributed by atoms with E-state index in [2.05, 4.69) is 23.3 Å². The molecule has 20 heteroatoms. The number of halogens is 8. The van der Waals surface area contributed by atoms with Crippen LogP contribution in [0.3, 0.4) is 0 Å². The van der Waals surface area contributed by atoms with Crippen LogP contribution in [0, 0.1) is 0 Å². The molecule has 0 aromatic heterocycles. The maximum absolute atomic E-state index is 11.5. The van der Waals surface area contributed by atoms with Gasteiger partial charge in [-0.05, 0) is 89.9 Å². The van der Waals surface area contributed by atoms with E-state index < -0.39 is 31.3 Å². The zero-order valence-electron chi connectivity index (χ0n) is 8.42. The second kappa shape index (κ2) is 6.95. The maximum atomic E-state index is 11.5. The summed E-state index contributed by atoms with van der Waals surface area (Å²) in [5.41, 5.74) is 0. The van der Waals surface area contributed by atoms with Gasteiger partial charge in [-0.25, -0.2) is 0 Å². The molecule has 0 amide bonds. The van der Waals surface area contributed by atoms with Gasteiger partial charge >= 0.3 is 12.0 Å². The summed E-state index contributed by atoms with van der Waals surface area (Å²) in [6.07, 6.45) is 0. The van der Waals surface area contributed by atoms with Crippen molar-refractivity contribution in [2.45, 2.75) is 0 Å². The molecule has 0 radical (unpaired) electrons. The van der Waals surface area contributed by atoms with Crippen molar-refractivity contribution in [1.29, 1.82) is 0 Å². The van der Waals surface area contributed by atoms with E-state index in [-0.39, 0.29) is 0 Å². The van der Waals surface area contributed by atoms with Crippen LogP contribution in [0.25, 0.3) is 0 Å². The fraction of sp³-hybridized carbons (Fsp3) is 0. The number of nitrogens with one attached hydrogen (secondary N) is 2. The first-order chi connectivity index (χ1) is 8.54. The largest absolute Gasteiger partial charge is 0.326 e. The molecule has 1 aliphatic heterocycles. The molecule has 0 aromatic carbocycles. The number of hydrogen-bond donors (Lipinski definition) is 2.